The van der Waals surface area contributed by atoms with Crippen molar-refractivity contribution in [2.45, 2.75) is 45.6 Å². The van der Waals surface area contributed by atoms with Gasteiger partial charge in [-0.1, -0.05) is 6.42 Å². The third kappa shape index (κ3) is 2.17. The van der Waals surface area contributed by atoms with Gasteiger partial charge in [-0.25, -0.2) is 0 Å². The SMILES string of the molecule is Cc1c(C(=O)N[C@@H](C)[C@@H]2C[C@@H]3CC[C@@H]2C3)cnn1C. The summed E-state index contributed by atoms with van der Waals surface area (Å²) in [5.74, 6) is 2.48. The van der Waals surface area contributed by atoms with Crippen molar-refractivity contribution in [2.75, 3.05) is 0 Å². The second-order valence-electron chi connectivity index (χ2n) is 6.37. The number of fused-ring (bicyclic) bond motifs is 2. The van der Waals surface area contributed by atoms with E-state index in [2.05, 4.69) is 17.3 Å². The minimum Gasteiger partial charge on any atom is -0.349 e. The molecule has 0 radical (unpaired) electrons. The molecule has 0 spiro atoms. The maximum atomic E-state index is 12.3. The van der Waals surface area contributed by atoms with Gasteiger partial charge < -0.3 is 5.32 Å². The summed E-state index contributed by atoms with van der Waals surface area (Å²) in [6.45, 7) is 4.10. The van der Waals surface area contributed by atoms with Crippen molar-refractivity contribution < 1.29 is 4.79 Å². The van der Waals surface area contributed by atoms with Crippen molar-refractivity contribution in [3.63, 3.8) is 0 Å². The fraction of sp³-hybridized carbons (Fsp3) is 0.733. The zero-order valence-electron chi connectivity index (χ0n) is 12.0. The van der Waals surface area contributed by atoms with Gasteiger partial charge in [0, 0.05) is 18.8 Å². The normalized spacial score (nSPS) is 30.6. The number of rotatable bonds is 3. The molecule has 0 unspecified atom stereocenters. The molecule has 0 aromatic carbocycles. The second-order valence-corrected chi connectivity index (χ2v) is 6.37. The fourth-order valence-electron chi connectivity index (χ4n) is 4.02. The molecule has 104 valence electrons. The molecular weight excluding hydrogens is 238 g/mol. The Hall–Kier alpha value is -1.32. The lowest BCUT2D eigenvalue weighted by Gasteiger charge is -2.28. The van der Waals surface area contributed by atoms with Crippen LogP contribution in [0.2, 0.25) is 0 Å². The van der Waals surface area contributed by atoms with E-state index in [1.165, 1.54) is 25.7 Å². The first kappa shape index (κ1) is 12.7. The average Bonchev–Trinajstić information content (AvgIpc) is 3.06. The van der Waals surface area contributed by atoms with E-state index in [9.17, 15) is 4.79 Å². The van der Waals surface area contributed by atoms with Gasteiger partial charge in [-0.2, -0.15) is 5.10 Å². The first-order valence-corrected chi connectivity index (χ1v) is 7.35. The number of carbonyl (C=O) groups excluding carboxylic acids is 1. The van der Waals surface area contributed by atoms with Crippen LogP contribution in [0.5, 0.6) is 0 Å². The van der Waals surface area contributed by atoms with Crippen molar-refractivity contribution in [3.8, 4) is 0 Å². The van der Waals surface area contributed by atoms with Crippen molar-refractivity contribution >= 4 is 5.91 Å². The number of aryl methyl sites for hydroxylation is 1. The number of amides is 1. The van der Waals surface area contributed by atoms with Gasteiger partial charge in [-0.05, 0) is 50.9 Å². The van der Waals surface area contributed by atoms with E-state index in [4.69, 9.17) is 0 Å². The second kappa shape index (κ2) is 4.66. The minimum atomic E-state index is 0.0286. The van der Waals surface area contributed by atoms with Crippen LogP contribution >= 0.6 is 0 Å². The monoisotopic (exact) mass is 261 g/mol. The Kier molecular flexibility index (Phi) is 3.11. The predicted octanol–water partition coefficient (Wildman–Crippen LogP) is 2.28. The highest BCUT2D eigenvalue weighted by molar-refractivity contribution is 5.95. The van der Waals surface area contributed by atoms with Crippen LogP contribution in [0.15, 0.2) is 6.20 Å². The van der Waals surface area contributed by atoms with Crippen LogP contribution in [-0.4, -0.2) is 21.7 Å². The number of nitrogens with one attached hydrogen (secondary N) is 1. The molecule has 4 atom stereocenters. The van der Waals surface area contributed by atoms with Gasteiger partial charge in [0.15, 0.2) is 0 Å². The molecule has 4 nitrogen and oxygen atoms in total. The van der Waals surface area contributed by atoms with Crippen molar-refractivity contribution in [1.29, 1.82) is 0 Å². The van der Waals surface area contributed by atoms with E-state index in [-0.39, 0.29) is 11.9 Å². The molecule has 0 saturated heterocycles. The largest absolute Gasteiger partial charge is 0.349 e. The Balaban J connectivity index is 1.65. The van der Waals surface area contributed by atoms with Crippen LogP contribution in [0.4, 0.5) is 0 Å². The molecule has 1 heterocycles. The fourth-order valence-corrected chi connectivity index (χ4v) is 4.02. The highest BCUT2D eigenvalue weighted by Gasteiger charge is 2.42. The van der Waals surface area contributed by atoms with E-state index in [0.29, 0.717) is 11.5 Å². The predicted molar refractivity (Wildman–Crippen MR) is 73.8 cm³/mol. The van der Waals surface area contributed by atoms with Crippen molar-refractivity contribution in [1.82, 2.24) is 15.1 Å². The maximum Gasteiger partial charge on any atom is 0.254 e. The van der Waals surface area contributed by atoms with E-state index in [1.807, 2.05) is 14.0 Å². The maximum absolute atomic E-state index is 12.3. The molecule has 2 fully saturated rings. The summed E-state index contributed by atoms with van der Waals surface area (Å²) in [5, 5.41) is 7.32. The van der Waals surface area contributed by atoms with Gasteiger partial charge in [0.25, 0.3) is 5.91 Å². The lowest BCUT2D eigenvalue weighted by molar-refractivity contribution is 0.0914. The van der Waals surface area contributed by atoms with Crippen LogP contribution in [0.25, 0.3) is 0 Å². The molecule has 3 rings (SSSR count). The van der Waals surface area contributed by atoms with Crippen LogP contribution in [0.1, 0.15) is 48.7 Å². The third-order valence-corrected chi connectivity index (χ3v) is 5.27. The van der Waals surface area contributed by atoms with Crippen molar-refractivity contribution in [3.05, 3.63) is 17.5 Å². The number of hydrogen-bond donors (Lipinski definition) is 1. The standard InChI is InChI=1S/C15H23N3O/c1-9(13-7-11-4-5-12(13)6-11)17-15(19)14-8-16-18(3)10(14)2/h8-9,11-13H,4-7H2,1-3H3,(H,17,19)/t9-,11+,12+,13-/m0/s1. The van der Waals surface area contributed by atoms with E-state index in [1.54, 1.807) is 10.9 Å². The summed E-state index contributed by atoms with van der Waals surface area (Å²) < 4.78 is 1.75. The Morgan fingerprint density at radius 1 is 1.47 bits per heavy atom. The molecule has 2 saturated carbocycles. The first-order chi connectivity index (χ1) is 9.06. The molecule has 1 N–H and O–H groups in total. The zero-order chi connectivity index (χ0) is 13.6. The molecule has 1 amide bonds. The Labute approximate surface area is 114 Å². The van der Waals surface area contributed by atoms with E-state index in [0.717, 1.165) is 17.5 Å². The smallest absolute Gasteiger partial charge is 0.254 e. The van der Waals surface area contributed by atoms with Gasteiger partial charge in [-0.15, -0.1) is 0 Å². The Bertz CT molecular complexity index is 494. The quantitative estimate of drug-likeness (QED) is 0.907. The summed E-state index contributed by atoms with van der Waals surface area (Å²) in [6, 6.07) is 0.280. The topological polar surface area (TPSA) is 46.9 Å². The van der Waals surface area contributed by atoms with Crippen molar-refractivity contribution in [2.24, 2.45) is 24.8 Å². The van der Waals surface area contributed by atoms with Crippen LogP contribution in [-0.2, 0) is 7.05 Å². The average molecular weight is 261 g/mol. The molecule has 2 aliphatic carbocycles. The number of aromatic nitrogens is 2. The first-order valence-electron chi connectivity index (χ1n) is 7.35. The van der Waals surface area contributed by atoms with Gasteiger partial charge in [0.05, 0.1) is 11.8 Å². The van der Waals surface area contributed by atoms with Gasteiger partial charge in [0.1, 0.15) is 0 Å². The zero-order valence-corrected chi connectivity index (χ0v) is 12.0. The van der Waals surface area contributed by atoms with E-state index < -0.39 is 0 Å². The lowest BCUT2D eigenvalue weighted by Crippen LogP contribution is -2.40. The van der Waals surface area contributed by atoms with Gasteiger partial charge in [-0.3, -0.25) is 9.48 Å². The highest BCUT2D eigenvalue weighted by atomic mass is 16.1. The van der Waals surface area contributed by atoms with Gasteiger partial charge in [0.2, 0.25) is 0 Å². The summed E-state index contributed by atoms with van der Waals surface area (Å²) in [5.41, 5.74) is 1.63. The summed E-state index contributed by atoms with van der Waals surface area (Å²) in [7, 11) is 1.87. The summed E-state index contributed by atoms with van der Waals surface area (Å²) in [4.78, 5) is 12.3. The minimum absolute atomic E-state index is 0.0286. The molecule has 0 aliphatic heterocycles. The molecule has 2 bridgehead atoms. The molecule has 2 aliphatic rings. The van der Waals surface area contributed by atoms with Gasteiger partial charge >= 0.3 is 0 Å². The Morgan fingerprint density at radius 2 is 2.26 bits per heavy atom. The number of carbonyl (C=O) groups is 1. The highest BCUT2D eigenvalue weighted by Crippen LogP contribution is 2.49. The third-order valence-electron chi connectivity index (χ3n) is 5.27. The molecule has 1 aromatic rings. The summed E-state index contributed by atoms with van der Waals surface area (Å²) >= 11 is 0. The Morgan fingerprint density at radius 3 is 2.79 bits per heavy atom. The van der Waals surface area contributed by atoms with Crippen LogP contribution < -0.4 is 5.32 Å². The number of nitrogens with zero attached hydrogens (tertiary/aromatic N) is 2. The lowest BCUT2D eigenvalue weighted by atomic mass is 9.84. The van der Waals surface area contributed by atoms with Crippen LogP contribution in [0, 0.1) is 24.7 Å². The summed E-state index contributed by atoms with van der Waals surface area (Å²) in [6.07, 6.45) is 7.12. The molecule has 19 heavy (non-hydrogen) atoms. The van der Waals surface area contributed by atoms with E-state index >= 15 is 0 Å². The molecule has 1 aromatic heterocycles. The van der Waals surface area contributed by atoms with Crippen LogP contribution in [0.3, 0.4) is 0 Å². The molecular formula is C15H23N3O. The number of hydrogen-bond acceptors (Lipinski definition) is 2. The molecule has 4 heteroatoms.